The van der Waals surface area contributed by atoms with E-state index in [2.05, 4.69) is 20.0 Å². The van der Waals surface area contributed by atoms with Gasteiger partial charge in [-0.05, 0) is 50.2 Å². The fourth-order valence-corrected chi connectivity index (χ4v) is 3.39. The van der Waals surface area contributed by atoms with Crippen LogP contribution >= 0.6 is 0 Å². The number of aryl methyl sites for hydroxylation is 1. The molecule has 1 aliphatic carbocycles. The lowest BCUT2D eigenvalue weighted by Gasteiger charge is -2.24. The van der Waals surface area contributed by atoms with Gasteiger partial charge in [-0.25, -0.2) is 0 Å². The number of rotatable bonds is 6. The Hall–Kier alpha value is -2.24. The number of hydrogen-bond donors (Lipinski definition) is 0. The summed E-state index contributed by atoms with van der Waals surface area (Å²) in [5, 5.41) is 4.05. The lowest BCUT2D eigenvalue weighted by Crippen LogP contribution is -2.36. The molecule has 1 atom stereocenters. The SMILES string of the molecule is O=C(CC1CC1)N1CCCC1CCc1noc(-c2ccccn2)n1. The van der Waals surface area contributed by atoms with E-state index in [4.69, 9.17) is 4.52 Å². The van der Waals surface area contributed by atoms with E-state index in [9.17, 15) is 4.79 Å². The van der Waals surface area contributed by atoms with Gasteiger partial charge in [0, 0.05) is 31.6 Å². The van der Waals surface area contributed by atoms with Gasteiger partial charge in [0.2, 0.25) is 5.91 Å². The summed E-state index contributed by atoms with van der Waals surface area (Å²) < 4.78 is 5.30. The van der Waals surface area contributed by atoms with E-state index in [1.165, 1.54) is 12.8 Å². The average Bonchev–Trinajstić information content (AvgIpc) is 3.12. The van der Waals surface area contributed by atoms with Crippen molar-refractivity contribution in [2.24, 2.45) is 5.92 Å². The summed E-state index contributed by atoms with van der Waals surface area (Å²) >= 11 is 0. The van der Waals surface area contributed by atoms with Crippen LogP contribution in [-0.2, 0) is 11.2 Å². The molecule has 2 fully saturated rings. The molecular weight excluding hydrogens is 304 g/mol. The zero-order chi connectivity index (χ0) is 16.4. The molecule has 6 heteroatoms. The summed E-state index contributed by atoms with van der Waals surface area (Å²) in [6, 6.07) is 5.93. The highest BCUT2D eigenvalue weighted by Crippen LogP contribution is 2.34. The Kier molecular flexibility index (Phi) is 4.28. The van der Waals surface area contributed by atoms with Gasteiger partial charge in [0.05, 0.1) is 0 Å². The molecular formula is C18H22N4O2. The molecule has 0 N–H and O–H groups in total. The Morgan fingerprint density at radius 3 is 3.00 bits per heavy atom. The van der Waals surface area contributed by atoms with E-state index in [-0.39, 0.29) is 0 Å². The smallest absolute Gasteiger partial charge is 0.276 e. The maximum atomic E-state index is 12.4. The number of hydrogen-bond acceptors (Lipinski definition) is 5. The summed E-state index contributed by atoms with van der Waals surface area (Å²) in [6.45, 7) is 0.904. The van der Waals surface area contributed by atoms with Crippen LogP contribution in [0.4, 0.5) is 0 Å². The number of likely N-dealkylation sites (tertiary alicyclic amines) is 1. The van der Waals surface area contributed by atoms with Crippen LogP contribution in [-0.4, -0.2) is 38.5 Å². The molecule has 24 heavy (non-hydrogen) atoms. The minimum atomic E-state index is 0.327. The first-order chi connectivity index (χ1) is 11.8. The highest BCUT2D eigenvalue weighted by Gasteiger charge is 2.32. The van der Waals surface area contributed by atoms with Gasteiger partial charge in [-0.15, -0.1) is 0 Å². The number of carbonyl (C=O) groups is 1. The molecule has 3 heterocycles. The number of carbonyl (C=O) groups excluding carboxylic acids is 1. The van der Waals surface area contributed by atoms with E-state index in [0.29, 0.717) is 35.3 Å². The molecule has 126 valence electrons. The molecule has 4 rings (SSSR count). The lowest BCUT2D eigenvalue weighted by atomic mass is 10.1. The van der Waals surface area contributed by atoms with Crippen molar-refractivity contribution in [1.29, 1.82) is 0 Å². The van der Waals surface area contributed by atoms with Gasteiger partial charge in [0.25, 0.3) is 5.89 Å². The minimum Gasteiger partial charge on any atom is -0.340 e. The molecule has 0 spiro atoms. The third kappa shape index (κ3) is 3.47. The summed E-state index contributed by atoms with van der Waals surface area (Å²) in [5.41, 5.74) is 0.693. The highest BCUT2D eigenvalue weighted by molar-refractivity contribution is 5.77. The van der Waals surface area contributed by atoms with E-state index < -0.39 is 0 Å². The Morgan fingerprint density at radius 2 is 2.21 bits per heavy atom. The number of aromatic nitrogens is 3. The van der Waals surface area contributed by atoms with Gasteiger partial charge in [0.1, 0.15) is 5.69 Å². The van der Waals surface area contributed by atoms with E-state index in [1.54, 1.807) is 6.20 Å². The monoisotopic (exact) mass is 326 g/mol. The van der Waals surface area contributed by atoms with Crippen LogP contribution in [0.1, 0.15) is 44.3 Å². The third-order valence-electron chi connectivity index (χ3n) is 4.91. The van der Waals surface area contributed by atoms with Crippen molar-refractivity contribution in [3.05, 3.63) is 30.2 Å². The summed E-state index contributed by atoms with van der Waals surface area (Å²) in [4.78, 5) is 23.1. The Bertz CT molecular complexity index is 696. The van der Waals surface area contributed by atoms with Gasteiger partial charge in [-0.3, -0.25) is 9.78 Å². The molecule has 1 unspecified atom stereocenters. The Labute approximate surface area is 141 Å². The first-order valence-corrected chi connectivity index (χ1v) is 8.83. The minimum absolute atomic E-state index is 0.327. The molecule has 2 aromatic rings. The molecule has 6 nitrogen and oxygen atoms in total. The molecule has 1 saturated carbocycles. The molecule has 0 radical (unpaired) electrons. The molecule has 1 aliphatic heterocycles. The fraction of sp³-hybridized carbons (Fsp3) is 0.556. The van der Waals surface area contributed by atoms with Gasteiger partial charge in [-0.1, -0.05) is 11.2 Å². The second-order valence-corrected chi connectivity index (χ2v) is 6.80. The Balaban J connectivity index is 1.34. The topological polar surface area (TPSA) is 72.1 Å². The maximum Gasteiger partial charge on any atom is 0.276 e. The highest BCUT2D eigenvalue weighted by atomic mass is 16.5. The van der Waals surface area contributed by atoms with Gasteiger partial charge in [-0.2, -0.15) is 4.98 Å². The first-order valence-electron chi connectivity index (χ1n) is 8.83. The van der Waals surface area contributed by atoms with Crippen molar-refractivity contribution < 1.29 is 9.32 Å². The standard InChI is InChI=1S/C18H22N4O2/c23-17(12-13-6-7-13)22-11-3-4-14(22)8-9-16-20-18(24-21-16)15-5-1-2-10-19-15/h1-2,5,10,13-14H,3-4,6-9,11-12H2. The van der Waals surface area contributed by atoms with Gasteiger partial charge < -0.3 is 9.42 Å². The second-order valence-electron chi connectivity index (χ2n) is 6.80. The lowest BCUT2D eigenvalue weighted by molar-refractivity contribution is -0.132. The van der Waals surface area contributed by atoms with Crippen LogP contribution in [0.5, 0.6) is 0 Å². The van der Waals surface area contributed by atoms with Crippen LogP contribution in [0.3, 0.4) is 0 Å². The van der Waals surface area contributed by atoms with Crippen LogP contribution in [0.25, 0.3) is 11.6 Å². The first kappa shape index (κ1) is 15.3. The van der Waals surface area contributed by atoms with E-state index >= 15 is 0 Å². The predicted molar refractivity (Wildman–Crippen MR) is 87.9 cm³/mol. The van der Waals surface area contributed by atoms with Crippen molar-refractivity contribution >= 4 is 5.91 Å². The second kappa shape index (κ2) is 6.71. The summed E-state index contributed by atoms with van der Waals surface area (Å²) in [7, 11) is 0. The fourth-order valence-electron chi connectivity index (χ4n) is 3.39. The number of nitrogens with zero attached hydrogens (tertiary/aromatic N) is 4. The van der Waals surface area contributed by atoms with Crippen molar-refractivity contribution in [2.45, 2.75) is 51.0 Å². The van der Waals surface area contributed by atoms with E-state index in [1.807, 2.05) is 18.2 Å². The predicted octanol–water partition coefficient (Wildman–Crippen LogP) is 2.86. The van der Waals surface area contributed by atoms with Crippen molar-refractivity contribution in [3.63, 3.8) is 0 Å². The molecule has 1 amide bonds. The number of amides is 1. The van der Waals surface area contributed by atoms with Crippen LogP contribution in [0.15, 0.2) is 28.9 Å². The zero-order valence-corrected chi connectivity index (χ0v) is 13.7. The Morgan fingerprint density at radius 1 is 1.29 bits per heavy atom. The average molecular weight is 326 g/mol. The summed E-state index contributed by atoms with van der Waals surface area (Å²) in [6.07, 6.45) is 8.72. The third-order valence-corrected chi connectivity index (χ3v) is 4.91. The summed E-state index contributed by atoms with van der Waals surface area (Å²) in [5.74, 6) is 2.13. The van der Waals surface area contributed by atoms with Crippen molar-refractivity contribution in [3.8, 4) is 11.6 Å². The molecule has 1 saturated heterocycles. The van der Waals surface area contributed by atoms with Gasteiger partial charge >= 0.3 is 0 Å². The van der Waals surface area contributed by atoms with E-state index in [0.717, 1.165) is 38.6 Å². The van der Waals surface area contributed by atoms with Crippen molar-refractivity contribution in [2.75, 3.05) is 6.54 Å². The quantitative estimate of drug-likeness (QED) is 0.816. The number of pyridine rings is 1. The molecule has 0 aromatic carbocycles. The molecule has 2 aliphatic rings. The van der Waals surface area contributed by atoms with Crippen LogP contribution in [0, 0.1) is 5.92 Å². The largest absolute Gasteiger partial charge is 0.340 e. The van der Waals surface area contributed by atoms with Gasteiger partial charge in [0.15, 0.2) is 5.82 Å². The zero-order valence-electron chi connectivity index (χ0n) is 13.7. The van der Waals surface area contributed by atoms with Crippen molar-refractivity contribution in [1.82, 2.24) is 20.0 Å². The molecule has 2 aromatic heterocycles. The maximum absolute atomic E-state index is 12.4. The van der Waals surface area contributed by atoms with Crippen LogP contribution in [0.2, 0.25) is 0 Å². The molecule has 0 bridgehead atoms. The normalized spacial score (nSPS) is 20.5. The van der Waals surface area contributed by atoms with Crippen LogP contribution < -0.4 is 0 Å².